The first kappa shape index (κ1) is 8.51. The van der Waals surface area contributed by atoms with Crippen LogP contribution < -0.4 is 0 Å². The van der Waals surface area contributed by atoms with Crippen LogP contribution in [0.4, 0.5) is 0 Å². The van der Waals surface area contributed by atoms with Gasteiger partial charge in [0.05, 0.1) is 6.54 Å². The molecular formula is C10H14N2O. The molecule has 13 heavy (non-hydrogen) atoms. The van der Waals surface area contributed by atoms with Gasteiger partial charge in [0.1, 0.15) is 0 Å². The maximum atomic E-state index is 11.8. The van der Waals surface area contributed by atoms with Crippen molar-refractivity contribution in [3.8, 4) is 0 Å². The van der Waals surface area contributed by atoms with Gasteiger partial charge < -0.3 is 0 Å². The number of carbonyl (C=O) groups is 1. The minimum absolute atomic E-state index is 0.149. The second kappa shape index (κ2) is 3.00. The van der Waals surface area contributed by atoms with E-state index in [2.05, 4.69) is 6.08 Å². The van der Waals surface area contributed by atoms with Crippen LogP contribution in [0, 0.1) is 0 Å². The van der Waals surface area contributed by atoms with Crippen LogP contribution in [0.2, 0.25) is 0 Å². The van der Waals surface area contributed by atoms with E-state index >= 15 is 0 Å². The smallest absolute Gasteiger partial charge is 0.268 e. The van der Waals surface area contributed by atoms with E-state index in [1.165, 1.54) is 5.57 Å². The maximum absolute atomic E-state index is 11.8. The lowest BCUT2D eigenvalue weighted by Crippen LogP contribution is -2.39. The van der Waals surface area contributed by atoms with E-state index < -0.39 is 0 Å². The van der Waals surface area contributed by atoms with E-state index in [4.69, 9.17) is 0 Å². The maximum Gasteiger partial charge on any atom is 0.268 e. The average Bonchev–Trinajstić information content (AvgIpc) is 2.45. The van der Waals surface area contributed by atoms with Crippen molar-refractivity contribution >= 4 is 5.91 Å². The summed E-state index contributed by atoms with van der Waals surface area (Å²) in [7, 11) is 3.81. The number of amides is 1. The van der Waals surface area contributed by atoms with E-state index in [1.807, 2.05) is 25.2 Å². The zero-order valence-electron chi connectivity index (χ0n) is 8.08. The van der Waals surface area contributed by atoms with Gasteiger partial charge in [-0.15, -0.1) is 0 Å². The number of hydrazine groups is 1. The minimum Gasteiger partial charge on any atom is -0.268 e. The van der Waals surface area contributed by atoms with E-state index in [1.54, 1.807) is 5.01 Å². The molecule has 1 heterocycles. The van der Waals surface area contributed by atoms with Crippen molar-refractivity contribution < 1.29 is 4.79 Å². The van der Waals surface area contributed by atoms with E-state index in [9.17, 15) is 4.79 Å². The predicted octanol–water partition coefficient (Wildman–Crippen LogP) is 0.952. The molecular weight excluding hydrogens is 164 g/mol. The summed E-state index contributed by atoms with van der Waals surface area (Å²) >= 11 is 0. The Balaban J connectivity index is 2.24. The van der Waals surface area contributed by atoms with E-state index in [-0.39, 0.29) is 5.91 Å². The van der Waals surface area contributed by atoms with Gasteiger partial charge in [0, 0.05) is 19.7 Å². The predicted molar refractivity (Wildman–Crippen MR) is 50.8 cm³/mol. The zero-order chi connectivity index (χ0) is 9.42. The van der Waals surface area contributed by atoms with Gasteiger partial charge in [-0.2, -0.15) is 0 Å². The third kappa shape index (κ3) is 1.29. The molecule has 0 saturated heterocycles. The summed E-state index contributed by atoms with van der Waals surface area (Å²) in [5, 5.41) is 3.63. The molecule has 3 heteroatoms. The quantitative estimate of drug-likeness (QED) is 0.597. The number of hydrogen-bond donors (Lipinski definition) is 0. The minimum atomic E-state index is 0.149. The number of hydrogen-bond acceptors (Lipinski definition) is 2. The largest absolute Gasteiger partial charge is 0.268 e. The molecule has 0 bridgehead atoms. The highest BCUT2D eigenvalue weighted by Crippen LogP contribution is 2.27. The molecule has 0 atom stereocenters. The normalized spacial score (nSPS) is 21.8. The topological polar surface area (TPSA) is 23.6 Å². The van der Waals surface area contributed by atoms with Crippen molar-refractivity contribution in [2.75, 3.05) is 20.6 Å². The first-order valence-corrected chi connectivity index (χ1v) is 4.58. The molecule has 70 valence electrons. The summed E-state index contributed by atoms with van der Waals surface area (Å²) in [4.78, 5) is 11.8. The van der Waals surface area contributed by atoms with Gasteiger partial charge in [-0.1, -0.05) is 12.2 Å². The number of allylic oxidation sites excluding steroid dienone is 1. The molecule has 0 radical (unpaired) electrons. The molecule has 2 aliphatic rings. The summed E-state index contributed by atoms with van der Waals surface area (Å²) in [5.74, 6) is 0.149. The third-order valence-electron chi connectivity index (χ3n) is 2.57. The first-order chi connectivity index (χ1) is 6.20. The Kier molecular flexibility index (Phi) is 1.96. The number of rotatable bonds is 1. The summed E-state index contributed by atoms with van der Waals surface area (Å²) in [6.45, 7) is 0.783. The summed E-state index contributed by atoms with van der Waals surface area (Å²) in [6, 6.07) is 0. The standard InChI is InChI=1S/C10H14N2O/c1-11(2)12-7-8-5-3-4-6-9(8)10(12)13/h4,6H,3,5,7H2,1-2H3. The molecule has 3 nitrogen and oxygen atoms in total. The van der Waals surface area contributed by atoms with Crippen LogP contribution >= 0.6 is 0 Å². The van der Waals surface area contributed by atoms with Gasteiger partial charge in [0.15, 0.2) is 0 Å². The molecule has 1 aliphatic heterocycles. The molecule has 0 unspecified atom stereocenters. The van der Waals surface area contributed by atoms with E-state index in [0.29, 0.717) is 0 Å². The van der Waals surface area contributed by atoms with Crippen LogP contribution in [0.1, 0.15) is 12.8 Å². The molecule has 0 spiro atoms. The van der Waals surface area contributed by atoms with Crippen LogP contribution in [0.3, 0.4) is 0 Å². The highest BCUT2D eigenvalue weighted by atomic mass is 16.2. The Morgan fingerprint density at radius 3 is 2.85 bits per heavy atom. The lowest BCUT2D eigenvalue weighted by Gasteiger charge is -2.23. The summed E-state index contributed by atoms with van der Waals surface area (Å²) < 4.78 is 0. The lowest BCUT2D eigenvalue weighted by atomic mass is 10.0. The molecule has 0 aromatic heterocycles. The second-order valence-electron chi connectivity index (χ2n) is 3.67. The van der Waals surface area contributed by atoms with Gasteiger partial charge in [-0.3, -0.25) is 9.80 Å². The van der Waals surface area contributed by atoms with Crippen LogP contribution in [0.5, 0.6) is 0 Å². The van der Waals surface area contributed by atoms with Gasteiger partial charge in [-0.05, 0) is 18.4 Å². The first-order valence-electron chi connectivity index (χ1n) is 4.58. The Bertz CT molecular complexity index is 302. The van der Waals surface area contributed by atoms with Gasteiger partial charge in [0.2, 0.25) is 0 Å². The summed E-state index contributed by atoms with van der Waals surface area (Å²) in [5.41, 5.74) is 2.21. The second-order valence-corrected chi connectivity index (χ2v) is 3.67. The third-order valence-corrected chi connectivity index (χ3v) is 2.57. The number of carbonyl (C=O) groups excluding carboxylic acids is 1. The Labute approximate surface area is 78.3 Å². The van der Waals surface area contributed by atoms with Crippen LogP contribution in [-0.4, -0.2) is 36.6 Å². The van der Waals surface area contributed by atoms with Crippen LogP contribution in [-0.2, 0) is 4.79 Å². The Morgan fingerprint density at radius 2 is 2.23 bits per heavy atom. The average molecular weight is 178 g/mol. The molecule has 0 aromatic rings. The van der Waals surface area contributed by atoms with Crippen molar-refractivity contribution in [3.63, 3.8) is 0 Å². The van der Waals surface area contributed by atoms with Crippen molar-refractivity contribution in [3.05, 3.63) is 23.3 Å². The van der Waals surface area contributed by atoms with Crippen LogP contribution in [0.25, 0.3) is 0 Å². The Morgan fingerprint density at radius 1 is 1.46 bits per heavy atom. The molecule has 0 N–H and O–H groups in total. The fourth-order valence-electron chi connectivity index (χ4n) is 1.81. The fraction of sp³-hybridized carbons (Fsp3) is 0.500. The molecule has 0 fully saturated rings. The fourth-order valence-corrected chi connectivity index (χ4v) is 1.81. The lowest BCUT2D eigenvalue weighted by molar-refractivity contribution is -0.136. The highest BCUT2D eigenvalue weighted by Gasteiger charge is 2.30. The molecule has 0 saturated carbocycles. The van der Waals surface area contributed by atoms with Crippen LogP contribution in [0.15, 0.2) is 23.3 Å². The Hall–Kier alpha value is -1.09. The molecule has 0 aromatic carbocycles. The van der Waals surface area contributed by atoms with Gasteiger partial charge in [-0.25, -0.2) is 5.01 Å². The SMILES string of the molecule is CN(C)N1CC2=C(C=CCC2)C1=O. The van der Waals surface area contributed by atoms with Crippen molar-refractivity contribution in [1.29, 1.82) is 0 Å². The monoisotopic (exact) mass is 178 g/mol. The highest BCUT2D eigenvalue weighted by molar-refractivity contribution is 5.99. The summed E-state index contributed by atoms with van der Waals surface area (Å²) in [6.07, 6.45) is 6.16. The van der Waals surface area contributed by atoms with Gasteiger partial charge >= 0.3 is 0 Å². The molecule has 1 amide bonds. The van der Waals surface area contributed by atoms with E-state index in [0.717, 1.165) is 25.0 Å². The molecule has 2 rings (SSSR count). The van der Waals surface area contributed by atoms with Crippen molar-refractivity contribution in [2.24, 2.45) is 0 Å². The van der Waals surface area contributed by atoms with Crippen molar-refractivity contribution in [1.82, 2.24) is 10.0 Å². The molecule has 1 aliphatic carbocycles. The van der Waals surface area contributed by atoms with Crippen molar-refractivity contribution in [2.45, 2.75) is 12.8 Å². The zero-order valence-corrected chi connectivity index (χ0v) is 8.08. The van der Waals surface area contributed by atoms with Gasteiger partial charge in [0.25, 0.3) is 5.91 Å². The number of nitrogens with zero attached hydrogens (tertiary/aromatic N) is 2.